The molecule has 0 aromatic rings. The van der Waals surface area contributed by atoms with E-state index in [4.69, 9.17) is 0 Å². The van der Waals surface area contributed by atoms with Crippen molar-refractivity contribution >= 4 is 66.6 Å². The first-order chi connectivity index (χ1) is 11.8. The third kappa shape index (κ3) is 27.7. The zero-order valence-electron chi connectivity index (χ0n) is 16.9. The number of rotatable bonds is 20. The van der Waals surface area contributed by atoms with Gasteiger partial charge in [0.05, 0.1) is 0 Å². The van der Waals surface area contributed by atoms with Gasteiger partial charge in [0, 0.05) is 5.97 Å². The third-order valence-corrected chi connectivity index (χ3v) is 5.66. The van der Waals surface area contributed by atoms with Crippen LogP contribution in [0.25, 0.3) is 0 Å². The maximum atomic E-state index is 10.3. The Morgan fingerprint density at radius 2 is 1.00 bits per heavy atom. The number of aliphatic carboxylic acids is 1. The van der Waals surface area contributed by atoms with Crippen LogP contribution in [0, 0.1) is 0 Å². The molecule has 0 saturated carbocycles. The van der Waals surface area contributed by atoms with Gasteiger partial charge < -0.3 is 9.90 Å². The fourth-order valence-corrected chi connectivity index (χ4v) is 3.93. The van der Waals surface area contributed by atoms with Gasteiger partial charge in [0.1, 0.15) is 0 Å². The van der Waals surface area contributed by atoms with Crippen LogP contribution < -0.4 is 5.11 Å². The minimum atomic E-state index is -0.922. The number of unbranched alkanes of at least 4 members (excludes halogenated alkanes) is 15. The van der Waals surface area contributed by atoms with E-state index in [1.165, 1.54) is 103 Å². The molecule has 0 aromatic heterocycles. The van der Waals surface area contributed by atoms with Gasteiger partial charge in [0.2, 0.25) is 0 Å². The maximum absolute atomic E-state index is 10.3. The molecule has 25 heavy (non-hydrogen) atoms. The van der Waals surface area contributed by atoms with E-state index in [1.807, 2.05) is 0 Å². The van der Waals surface area contributed by atoms with Crippen molar-refractivity contribution in [1.82, 2.24) is 0 Å². The molecule has 2 nitrogen and oxygen atoms in total. The molecular weight excluding hydrogens is 454 g/mol. The van der Waals surface area contributed by atoms with E-state index >= 15 is 0 Å². The van der Waals surface area contributed by atoms with Gasteiger partial charge in [-0.1, -0.05) is 103 Å². The minimum Gasteiger partial charge on any atom is -0.550 e. The van der Waals surface area contributed by atoms with Crippen molar-refractivity contribution in [3.8, 4) is 0 Å². The molecule has 0 aliphatic rings. The summed E-state index contributed by atoms with van der Waals surface area (Å²) in [6.07, 6.45) is 22.6. The van der Waals surface area contributed by atoms with E-state index in [0.717, 1.165) is 5.75 Å². The van der Waals surface area contributed by atoms with Gasteiger partial charge in [-0.05, 0) is 24.3 Å². The molecular formula is C21H41BaO2S+. The Kier molecular flexibility index (Phi) is 29.0. The summed E-state index contributed by atoms with van der Waals surface area (Å²) in [6, 6.07) is 0. The van der Waals surface area contributed by atoms with Crippen LogP contribution in [-0.4, -0.2) is 66.4 Å². The van der Waals surface area contributed by atoms with Gasteiger partial charge in [0.25, 0.3) is 0 Å². The molecule has 0 saturated heterocycles. The van der Waals surface area contributed by atoms with Crippen molar-refractivity contribution in [3.63, 3.8) is 0 Å². The first-order valence-electron chi connectivity index (χ1n) is 10.5. The Morgan fingerprint density at radius 1 is 0.640 bits per heavy atom. The molecule has 0 aliphatic carbocycles. The van der Waals surface area contributed by atoms with Gasteiger partial charge in [0.15, 0.2) is 0 Å². The van der Waals surface area contributed by atoms with Gasteiger partial charge in [-0.3, -0.25) is 0 Å². The molecule has 0 unspecified atom stereocenters. The average molecular weight is 495 g/mol. The Morgan fingerprint density at radius 3 is 1.36 bits per heavy atom. The fraction of sp³-hybridized carbons (Fsp3) is 0.952. The standard InChI is InChI=1S/C21H42O2S.Ba/c1-2-3-4-5-6-7-8-9-10-11-12-13-14-15-16-17-19-24-20-18-21(22)23;/h2-20H2,1H3,(H,22,23);/q;+2/p-1. The number of thioether (sulfide) groups is 1. The summed E-state index contributed by atoms with van der Waals surface area (Å²) in [5.41, 5.74) is 0. The second-order valence-electron chi connectivity index (χ2n) is 7.04. The first-order valence-corrected chi connectivity index (χ1v) is 11.7. The maximum Gasteiger partial charge on any atom is 2.00 e. The molecule has 0 amide bonds. The van der Waals surface area contributed by atoms with Crippen molar-refractivity contribution in [2.24, 2.45) is 0 Å². The second-order valence-corrected chi connectivity index (χ2v) is 8.26. The molecule has 144 valence electrons. The van der Waals surface area contributed by atoms with Crippen LogP contribution >= 0.6 is 11.8 Å². The van der Waals surface area contributed by atoms with Crippen LogP contribution in [0.4, 0.5) is 0 Å². The van der Waals surface area contributed by atoms with E-state index in [9.17, 15) is 9.90 Å². The molecule has 0 rings (SSSR count). The van der Waals surface area contributed by atoms with E-state index < -0.39 is 5.97 Å². The molecule has 0 aliphatic heterocycles. The SMILES string of the molecule is CCCCCCCCCCCCCCCCCCSCCC(=O)[O-].[Ba+2]. The number of carboxylic acids is 1. The Labute approximate surface area is 202 Å². The molecule has 0 aromatic carbocycles. The predicted octanol–water partition coefficient (Wildman–Crippen LogP) is 5.74. The summed E-state index contributed by atoms with van der Waals surface area (Å²) >= 11 is 1.75. The first kappa shape index (κ1) is 28.6. The smallest absolute Gasteiger partial charge is 0.550 e. The molecule has 0 spiro atoms. The third-order valence-electron chi connectivity index (χ3n) is 4.59. The summed E-state index contributed by atoms with van der Waals surface area (Å²) in [7, 11) is 0. The normalized spacial score (nSPS) is 10.6. The van der Waals surface area contributed by atoms with Crippen LogP contribution in [0.15, 0.2) is 0 Å². The Bertz CT molecular complexity index is 262. The minimum absolute atomic E-state index is 0. The van der Waals surface area contributed by atoms with Crippen LogP contribution in [0.1, 0.15) is 116 Å². The van der Waals surface area contributed by atoms with Gasteiger partial charge >= 0.3 is 48.9 Å². The summed E-state index contributed by atoms with van der Waals surface area (Å²) < 4.78 is 0. The monoisotopic (exact) mass is 495 g/mol. The molecule has 0 radical (unpaired) electrons. The fourth-order valence-electron chi connectivity index (χ4n) is 3.01. The van der Waals surface area contributed by atoms with Crippen molar-refractivity contribution < 1.29 is 9.90 Å². The largest absolute Gasteiger partial charge is 2.00 e. The molecule has 0 atom stereocenters. The van der Waals surface area contributed by atoms with Gasteiger partial charge in [-0.25, -0.2) is 0 Å². The number of carbonyl (C=O) groups excluding carboxylic acids is 1. The zero-order valence-corrected chi connectivity index (χ0v) is 22.1. The van der Waals surface area contributed by atoms with Gasteiger partial charge in [-0.15, -0.1) is 0 Å². The molecule has 0 fully saturated rings. The summed E-state index contributed by atoms with van der Waals surface area (Å²) in [4.78, 5) is 10.3. The van der Waals surface area contributed by atoms with Crippen molar-refractivity contribution in [2.75, 3.05) is 11.5 Å². The molecule has 0 N–H and O–H groups in total. The Balaban J connectivity index is 0. The van der Waals surface area contributed by atoms with Crippen LogP contribution in [0.2, 0.25) is 0 Å². The van der Waals surface area contributed by atoms with Crippen LogP contribution in [-0.2, 0) is 4.79 Å². The van der Waals surface area contributed by atoms with Crippen molar-refractivity contribution in [3.05, 3.63) is 0 Å². The summed E-state index contributed by atoms with van der Waals surface area (Å²) in [5.74, 6) is 0.891. The second kappa shape index (κ2) is 25.4. The number of carbonyl (C=O) groups is 1. The topological polar surface area (TPSA) is 40.1 Å². The average Bonchev–Trinajstić information content (AvgIpc) is 2.56. The van der Waals surface area contributed by atoms with E-state index in [-0.39, 0.29) is 55.3 Å². The quantitative estimate of drug-likeness (QED) is 0.160. The number of hydrogen-bond acceptors (Lipinski definition) is 3. The predicted molar refractivity (Wildman–Crippen MR) is 112 cm³/mol. The number of hydrogen-bond donors (Lipinski definition) is 0. The summed E-state index contributed by atoms with van der Waals surface area (Å²) in [5, 5.41) is 10.3. The van der Waals surface area contributed by atoms with Crippen LogP contribution in [0.5, 0.6) is 0 Å². The van der Waals surface area contributed by atoms with Gasteiger partial charge in [-0.2, -0.15) is 11.8 Å². The molecule has 4 heteroatoms. The molecule has 0 heterocycles. The van der Waals surface area contributed by atoms with Crippen molar-refractivity contribution in [1.29, 1.82) is 0 Å². The number of carboxylic acid groups (broad SMARTS) is 1. The van der Waals surface area contributed by atoms with E-state index in [0.29, 0.717) is 5.75 Å². The van der Waals surface area contributed by atoms with Crippen molar-refractivity contribution in [2.45, 2.75) is 116 Å². The summed E-state index contributed by atoms with van der Waals surface area (Å²) in [6.45, 7) is 2.28. The Hall–Kier alpha value is 1.39. The molecule has 0 bridgehead atoms. The van der Waals surface area contributed by atoms with E-state index in [1.54, 1.807) is 11.8 Å². The zero-order chi connectivity index (χ0) is 17.7. The van der Waals surface area contributed by atoms with Crippen LogP contribution in [0.3, 0.4) is 0 Å². The van der Waals surface area contributed by atoms with E-state index in [2.05, 4.69) is 6.92 Å².